The zero-order valence-electron chi connectivity index (χ0n) is 13.4. The Morgan fingerprint density at radius 2 is 1.91 bits per heavy atom. The third kappa shape index (κ3) is 3.90. The Morgan fingerprint density at radius 1 is 1.09 bits per heavy atom. The van der Waals surface area contributed by atoms with Gasteiger partial charge in [-0.15, -0.1) is 11.3 Å². The molecular formula is C19H21N3S. The molecule has 1 heterocycles. The number of nitrogens with one attached hydrogen (secondary N) is 2. The van der Waals surface area contributed by atoms with E-state index in [4.69, 9.17) is 0 Å². The van der Waals surface area contributed by atoms with Gasteiger partial charge in [0.25, 0.3) is 0 Å². The summed E-state index contributed by atoms with van der Waals surface area (Å²) in [5.74, 6) is 0.819. The summed E-state index contributed by atoms with van der Waals surface area (Å²) in [6.07, 6.45) is 0. The monoisotopic (exact) mass is 323 g/mol. The van der Waals surface area contributed by atoms with Crippen LogP contribution in [0, 0.1) is 0 Å². The Kier molecular flexibility index (Phi) is 4.93. The van der Waals surface area contributed by atoms with Crippen LogP contribution in [0.25, 0.3) is 10.8 Å². The molecule has 1 atom stereocenters. The first-order chi connectivity index (χ1) is 11.3. The van der Waals surface area contributed by atoms with Crippen molar-refractivity contribution in [3.05, 3.63) is 70.4 Å². The molecule has 0 aliphatic heterocycles. The maximum absolute atomic E-state index is 4.31. The number of rotatable bonds is 4. The van der Waals surface area contributed by atoms with Gasteiger partial charge in [-0.1, -0.05) is 42.5 Å². The molecule has 0 bridgehead atoms. The average molecular weight is 323 g/mol. The summed E-state index contributed by atoms with van der Waals surface area (Å²) in [6, 6.07) is 19.4. The third-order valence-corrected chi connectivity index (χ3v) is 4.88. The van der Waals surface area contributed by atoms with E-state index in [-0.39, 0.29) is 6.04 Å². The second-order valence-electron chi connectivity index (χ2n) is 5.49. The molecule has 0 saturated carbocycles. The van der Waals surface area contributed by atoms with Crippen molar-refractivity contribution in [1.29, 1.82) is 0 Å². The molecule has 0 aliphatic rings. The molecule has 2 N–H and O–H groups in total. The molecule has 0 saturated heterocycles. The molecule has 0 spiro atoms. The lowest BCUT2D eigenvalue weighted by atomic mass is 10.1. The summed E-state index contributed by atoms with van der Waals surface area (Å²) >= 11 is 1.75. The van der Waals surface area contributed by atoms with Crippen LogP contribution in [0.3, 0.4) is 0 Å². The second-order valence-corrected chi connectivity index (χ2v) is 6.47. The van der Waals surface area contributed by atoms with Crippen molar-refractivity contribution >= 4 is 28.1 Å². The fraction of sp³-hybridized carbons (Fsp3) is 0.211. The summed E-state index contributed by atoms with van der Waals surface area (Å²) in [7, 11) is 1.80. The zero-order valence-corrected chi connectivity index (χ0v) is 14.2. The molecule has 118 valence electrons. The van der Waals surface area contributed by atoms with Crippen molar-refractivity contribution in [1.82, 2.24) is 10.6 Å². The van der Waals surface area contributed by atoms with Gasteiger partial charge in [0, 0.05) is 18.5 Å². The van der Waals surface area contributed by atoms with E-state index in [1.807, 2.05) is 0 Å². The molecule has 1 unspecified atom stereocenters. The number of benzene rings is 2. The lowest BCUT2D eigenvalue weighted by Crippen LogP contribution is -2.38. The van der Waals surface area contributed by atoms with E-state index in [0.717, 1.165) is 12.5 Å². The van der Waals surface area contributed by atoms with Gasteiger partial charge in [-0.05, 0) is 40.8 Å². The van der Waals surface area contributed by atoms with E-state index in [1.54, 1.807) is 18.4 Å². The molecule has 3 nitrogen and oxygen atoms in total. The standard InChI is InChI=1S/C19H21N3S/c1-14(18-8-5-11-23-18)22-19(20-2)21-13-15-9-10-16-6-3-4-7-17(16)12-15/h3-12,14H,13H2,1-2H3,(H2,20,21,22). The number of guanidine groups is 1. The van der Waals surface area contributed by atoms with Gasteiger partial charge in [-0.3, -0.25) is 4.99 Å². The fourth-order valence-electron chi connectivity index (χ4n) is 2.54. The average Bonchev–Trinajstić information content (AvgIpc) is 3.13. The Bertz CT molecular complexity index is 793. The summed E-state index contributed by atoms with van der Waals surface area (Å²) in [4.78, 5) is 5.62. The van der Waals surface area contributed by atoms with E-state index >= 15 is 0 Å². The lowest BCUT2D eigenvalue weighted by Gasteiger charge is -2.17. The van der Waals surface area contributed by atoms with Gasteiger partial charge in [-0.25, -0.2) is 0 Å². The van der Waals surface area contributed by atoms with E-state index in [2.05, 4.69) is 82.5 Å². The highest BCUT2D eigenvalue weighted by Crippen LogP contribution is 2.18. The summed E-state index contributed by atoms with van der Waals surface area (Å²) in [5, 5.41) is 11.4. The number of fused-ring (bicyclic) bond motifs is 1. The van der Waals surface area contributed by atoms with Crippen LogP contribution in [-0.4, -0.2) is 13.0 Å². The van der Waals surface area contributed by atoms with Crippen molar-refractivity contribution in [2.45, 2.75) is 19.5 Å². The molecule has 3 rings (SSSR count). The Balaban J connectivity index is 1.63. The van der Waals surface area contributed by atoms with Crippen LogP contribution in [-0.2, 0) is 6.54 Å². The van der Waals surface area contributed by atoms with E-state index in [1.165, 1.54) is 21.2 Å². The van der Waals surface area contributed by atoms with Crippen molar-refractivity contribution in [3.8, 4) is 0 Å². The molecule has 0 aliphatic carbocycles. The number of aliphatic imine (C=N–C) groups is 1. The highest BCUT2D eigenvalue weighted by Gasteiger charge is 2.08. The summed E-state index contributed by atoms with van der Waals surface area (Å²) in [5.41, 5.74) is 1.25. The van der Waals surface area contributed by atoms with Crippen molar-refractivity contribution < 1.29 is 0 Å². The minimum Gasteiger partial charge on any atom is -0.352 e. The van der Waals surface area contributed by atoms with Gasteiger partial charge < -0.3 is 10.6 Å². The molecule has 0 amide bonds. The molecule has 1 aromatic heterocycles. The maximum Gasteiger partial charge on any atom is 0.191 e. The molecule has 0 fully saturated rings. The quantitative estimate of drug-likeness (QED) is 0.554. The first-order valence-corrected chi connectivity index (χ1v) is 8.62. The van der Waals surface area contributed by atoms with Crippen LogP contribution in [0.2, 0.25) is 0 Å². The smallest absolute Gasteiger partial charge is 0.191 e. The lowest BCUT2D eigenvalue weighted by molar-refractivity contribution is 0.697. The maximum atomic E-state index is 4.31. The van der Waals surface area contributed by atoms with E-state index in [9.17, 15) is 0 Å². The fourth-order valence-corrected chi connectivity index (χ4v) is 3.28. The predicted octanol–water partition coefficient (Wildman–Crippen LogP) is 4.33. The Labute approximate surface area is 141 Å². The topological polar surface area (TPSA) is 36.4 Å². The zero-order chi connectivity index (χ0) is 16.1. The first-order valence-electron chi connectivity index (χ1n) is 7.74. The molecular weight excluding hydrogens is 302 g/mol. The minimum absolute atomic E-state index is 0.248. The van der Waals surface area contributed by atoms with Gasteiger partial charge >= 0.3 is 0 Å². The number of hydrogen-bond donors (Lipinski definition) is 2. The van der Waals surface area contributed by atoms with Crippen molar-refractivity contribution in [2.24, 2.45) is 4.99 Å². The number of hydrogen-bond acceptors (Lipinski definition) is 2. The van der Waals surface area contributed by atoms with Crippen LogP contribution in [0.5, 0.6) is 0 Å². The van der Waals surface area contributed by atoms with Crippen molar-refractivity contribution in [3.63, 3.8) is 0 Å². The molecule has 23 heavy (non-hydrogen) atoms. The number of nitrogens with zero attached hydrogens (tertiary/aromatic N) is 1. The highest BCUT2D eigenvalue weighted by molar-refractivity contribution is 7.10. The van der Waals surface area contributed by atoms with Crippen LogP contribution in [0.1, 0.15) is 23.4 Å². The largest absolute Gasteiger partial charge is 0.352 e. The van der Waals surface area contributed by atoms with Gasteiger partial charge in [0.2, 0.25) is 0 Å². The normalized spacial score (nSPS) is 13.0. The molecule has 4 heteroatoms. The van der Waals surface area contributed by atoms with Gasteiger partial charge in [0.05, 0.1) is 6.04 Å². The number of thiophene rings is 1. The third-order valence-electron chi connectivity index (χ3n) is 3.82. The van der Waals surface area contributed by atoms with Gasteiger partial charge in [0.1, 0.15) is 0 Å². The van der Waals surface area contributed by atoms with E-state index < -0.39 is 0 Å². The van der Waals surface area contributed by atoms with Gasteiger partial charge in [0.15, 0.2) is 5.96 Å². The minimum atomic E-state index is 0.248. The van der Waals surface area contributed by atoms with Crippen LogP contribution in [0.15, 0.2) is 65.0 Å². The van der Waals surface area contributed by atoms with Crippen LogP contribution in [0.4, 0.5) is 0 Å². The first kappa shape index (κ1) is 15.6. The molecule has 2 aromatic carbocycles. The van der Waals surface area contributed by atoms with Crippen LogP contribution < -0.4 is 10.6 Å². The van der Waals surface area contributed by atoms with Crippen LogP contribution >= 0.6 is 11.3 Å². The highest BCUT2D eigenvalue weighted by atomic mass is 32.1. The SMILES string of the molecule is CN=C(NCc1ccc2ccccc2c1)NC(C)c1cccs1. The molecule has 3 aromatic rings. The second kappa shape index (κ2) is 7.29. The summed E-state index contributed by atoms with van der Waals surface area (Å²) in [6.45, 7) is 2.90. The summed E-state index contributed by atoms with van der Waals surface area (Å²) < 4.78 is 0. The van der Waals surface area contributed by atoms with Gasteiger partial charge in [-0.2, -0.15) is 0 Å². The Hall–Kier alpha value is -2.33. The predicted molar refractivity (Wildman–Crippen MR) is 100 cm³/mol. The van der Waals surface area contributed by atoms with E-state index in [0.29, 0.717) is 0 Å². The Morgan fingerprint density at radius 3 is 2.65 bits per heavy atom. The van der Waals surface area contributed by atoms with Crippen molar-refractivity contribution in [2.75, 3.05) is 7.05 Å². The molecule has 0 radical (unpaired) electrons.